The number of aromatic nitrogens is 2. The van der Waals surface area contributed by atoms with E-state index < -0.39 is 0 Å². The summed E-state index contributed by atoms with van der Waals surface area (Å²) >= 11 is 5.79. The molecule has 0 aliphatic carbocycles. The number of rotatable bonds is 4. The Hall–Kier alpha value is -0.710. The lowest BCUT2D eigenvalue weighted by Crippen LogP contribution is -2.23. The quantitative estimate of drug-likeness (QED) is 0.763. The molecule has 0 aliphatic heterocycles. The highest BCUT2D eigenvalue weighted by Crippen LogP contribution is 2.20. The molecule has 2 N–H and O–H groups in total. The Balaban J connectivity index is 2.87. The van der Waals surface area contributed by atoms with Gasteiger partial charge in [0.15, 0.2) is 0 Å². The van der Waals surface area contributed by atoms with Crippen molar-refractivity contribution in [2.75, 3.05) is 20.6 Å². The molecular weight excluding hydrogens is 200 g/mol. The van der Waals surface area contributed by atoms with Gasteiger partial charge in [0.1, 0.15) is 11.5 Å². The number of nitrogens with zero attached hydrogens (tertiary/aromatic N) is 3. The van der Waals surface area contributed by atoms with Crippen molar-refractivity contribution >= 4 is 11.6 Å². The minimum atomic E-state index is 0.209. The van der Waals surface area contributed by atoms with E-state index in [2.05, 4.69) is 14.9 Å². The fourth-order valence-electron chi connectivity index (χ4n) is 1.36. The molecule has 1 aromatic heterocycles. The molecule has 0 aliphatic rings. The molecule has 1 unspecified atom stereocenters. The summed E-state index contributed by atoms with van der Waals surface area (Å²) in [6, 6.07) is 1.99. The molecular formula is C9H15ClN4. The van der Waals surface area contributed by atoms with Crippen molar-refractivity contribution in [3.05, 3.63) is 23.2 Å². The van der Waals surface area contributed by atoms with Crippen LogP contribution in [0.2, 0.25) is 5.15 Å². The Bertz CT molecular complexity index is 290. The van der Waals surface area contributed by atoms with Gasteiger partial charge >= 0.3 is 0 Å². The zero-order chi connectivity index (χ0) is 10.6. The summed E-state index contributed by atoms with van der Waals surface area (Å²) in [6.45, 7) is 0.629. The average Bonchev–Trinajstić information content (AvgIpc) is 2.13. The molecule has 5 heteroatoms. The zero-order valence-corrected chi connectivity index (χ0v) is 9.20. The van der Waals surface area contributed by atoms with Gasteiger partial charge in [0.05, 0.1) is 11.7 Å². The van der Waals surface area contributed by atoms with E-state index in [-0.39, 0.29) is 6.04 Å². The van der Waals surface area contributed by atoms with Crippen LogP contribution in [0.1, 0.15) is 18.2 Å². The van der Waals surface area contributed by atoms with Crippen LogP contribution in [0.4, 0.5) is 0 Å². The van der Waals surface area contributed by atoms with Crippen LogP contribution in [0, 0.1) is 0 Å². The highest BCUT2D eigenvalue weighted by molar-refractivity contribution is 6.29. The number of hydrogen-bond donors (Lipinski definition) is 1. The van der Waals surface area contributed by atoms with Gasteiger partial charge in [0.2, 0.25) is 0 Å². The molecule has 0 amide bonds. The van der Waals surface area contributed by atoms with Crippen LogP contribution in [0.3, 0.4) is 0 Å². The first kappa shape index (κ1) is 11.4. The summed E-state index contributed by atoms with van der Waals surface area (Å²) in [5.74, 6) is 0. The highest BCUT2D eigenvalue weighted by Gasteiger charge is 2.14. The van der Waals surface area contributed by atoms with Gasteiger partial charge in [-0.2, -0.15) is 0 Å². The Morgan fingerprint density at radius 3 is 2.71 bits per heavy atom. The average molecular weight is 215 g/mol. The van der Waals surface area contributed by atoms with E-state index in [1.54, 1.807) is 6.07 Å². The summed E-state index contributed by atoms with van der Waals surface area (Å²) < 4.78 is 0. The van der Waals surface area contributed by atoms with E-state index in [1.165, 1.54) is 6.33 Å². The van der Waals surface area contributed by atoms with E-state index in [1.807, 2.05) is 14.1 Å². The Morgan fingerprint density at radius 2 is 2.21 bits per heavy atom. The van der Waals surface area contributed by atoms with Crippen LogP contribution in [0.15, 0.2) is 12.4 Å². The highest BCUT2D eigenvalue weighted by atomic mass is 35.5. The van der Waals surface area contributed by atoms with Gasteiger partial charge < -0.3 is 10.6 Å². The molecule has 0 fully saturated rings. The summed E-state index contributed by atoms with van der Waals surface area (Å²) in [5, 5.41) is 0.471. The monoisotopic (exact) mass is 214 g/mol. The summed E-state index contributed by atoms with van der Waals surface area (Å²) in [4.78, 5) is 10.1. The summed E-state index contributed by atoms with van der Waals surface area (Å²) in [6.07, 6.45) is 2.34. The standard InChI is InChI=1S/C9H15ClN4/c1-14(2)8(3-4-11)7-5-9(10)13-6-12-7/h5-6,8H,3-4,11H2,1-2H3. The van der Waals surface area contributed by atoms with Gasteiger partial charge in [-0.25, -0.2) is 9.97 Å². The SMILES string of the molecule is CN(C)C(CCN)c1cc(Cl)ncn1. The topological polar surface area (TPSA) is 55.0 Å². The van der Waals surface area contributed by atoms with E-state index in [4.69, 9.17) is 17.3 Å². The van der Waals surface area contributed by atoms with Crippen molar-refractivity contribution in [1.29, 1.82) is 0 Å². The van der Waals surface area contributed by atoms with Crippen molar-refractivity contribution in [3.8, 4) is 0 Å². The van der Waals surface area contributed by atoms with Gasteiger partial charge in [-0.15, -0.1) is 0 Å². The Morgan fingerprint density at radius 1 is 1.50 bits per heavy atom. The second kappa shape index (κ2) is 5.24. The van der Waals surface area contributed by atoms with Crippen LogP contribution >= 0.6 is 11.6 Å². The molecule has 0 spiro atoms. The van der Waals surface area contributed by atoms with Crippen LogP contribution in [0.25, 0.3) is 0 Å². The van der Waals surface area contributed by atoms with Gasteiger partial charge in [0, 0.05) is 0 Å². The van der Waals surface area contributed by atoms with Crippen molar-refractivity contribution in [2.45, 2.75) is 12.5 Å². The molecule has 0 radical (unpaired) electrons. The molecule has 14 heavy (non-hydrogen) atoms. The first-order chi connectivity index (χ1) is 6.65. The van der Waals surface area contributed by atoms with E-state index >= 15 is 0 Å². The maximum absolute atomic E-state index is 5.79. The maximum atomic E-state index is 5.79. The smallest absolute Gasteiger partial charge is 0.132 e. The fraction of sp³-hybridized carbons (Fsp3) is 0.556. The van der Waals surface area contributed by atoms with Crippen LogP contribution in [0.5, 0.6) is 0 Å². The molecule has 78 valence electrons. The van der Waals surface area contributed by atoms with Gasteiger partial charge in [-0.1, -0.05) is 11.6 Å². The second-order valence-electron chi connectivity index (χ2n) is 3.32. The van der Waals surface area contributed by atoms with Crippen molar-refractivity contribution < 1.29 is 0 Å². The molecule has 0 saturated heterocycles. The second-order valence-corrected chi connectivity index (χ2v) is 3.71. The minimum absolute atomic E-state index is 0.209. The predicted octanol–water partition coefficient (Wildman–Crippen LogP) is 1.08. The molecule has 1 aromatic rings. The summed E-state index contributed by atoms with van der Waals surface area (Å²) in [7, 11) is 3.99. The van der Waals surface area contributed by atoms with E-state index in [9.17, 15) is 0 Å². The van der Waals surface area contributed by atoms with Crippen molar-refractivity contribution in [1.82, 2.24) is 14.9 Å². The zero-order valence-electron chi connectivity index (χ0n) is 8.44. The van der Waals surface area contributed by atoms with Gasteiger partial charge in [-0.3, -0.25) is 0 Å². The molecule has 0 aromatic carbocycles. The summed E-state index contributed by atoms with van der Waals surface area (Å²) in [5.41, 5.74) is 6.46. The molecule has 1 rings (SSSR count). The molecule has 0 bridgehead atoms. The molecule has 0 saturated carbocycles. The first-order valence-corrected chi connectivity index (χ1v) is 4.87. The van der Waals surface area contributed by atoms with Crippen molar-refractivity contribution in [3.63, 3.8) is 0 Å². The van der Waals surface area contributed by atoms with Gasteiger partial charge in [-0.05, 0) is 33.1 Å². The predicted molar refractivity (Wildman–Crippen MR) is 57.1 cm³/mol. The number of nitrogens with two attached hydrogens (primary N) is 1. The number of hydrogen-bond acceptors (Lipinski definition) is 4. The largest absolute Gasteiger partial charge is 0.330 e. The minimum Gasteiger partial charge on any atom is -0.330 e. The normalized spacial score (nSPS) is 13.2. The lowest BCUT2D eigenvalue weighted by atomic mass is 10.1. The maximum Gasteiger partial charge on any atom is 0.132 e. The lowest BCUT2D eigenvalue weighted by Gasteiger charge is -2.22. The molecule has 1 atom stereocenters. The van der Waals surface area contributed by atoms with Crippen LogP contribution < -0.4 is 5.73 Å². The van der Waals surface area contributed by atoms with Crippen LogP contribution in [-0.2, 0) is 0 Å². The lowest BCUT2D eigenvalue weighted by molar-refractivity contribution is 0.281. The van der Waals surface area contributed by atoms with Crippen molar-refractivity contribution in [2.24, 2.45) is 5.73 Å². The van der Waals surface area contributed by atoms with Gasteiger partial charge in [0.25, 0.3) is 0 Å². The third kappa shape index (κ3) is 2.90. The molecule has 4 nitrogen and oxygen atoms in total. The third-order valence-corrected chi connectivity index (χ3v) is 2.27. The van der Waals surface area contributed by atoms with E-state index in [0.717, 1.165) is 12.1 Å². The number of halogens is 1. The Labute approximate surface area is 89.1 Å². The van der Waals surface area contributed by atoms with Crippen LogP contribution in [-0.4, -0.2) is 35.5 Å². The molecule has 1 heterocycles. The fourth-order valence-corrected chi connectivity index (χ4v) is 1.51. The van der Waals surface area contributed by atoms with E-state index in [0.29, 0.717) is 11.7 Å². The Kier molecular flexibility index (Phi) is 4.25. The first-order valence-electron chi connectivity index (χ1n) is 4.49. The third-order valence-electron chi connectivity index (χ3n) is 2.06.